The molecule has 0 aliphatic rings. The van der Waals surface area contributed by atoms with E-state index in [1.165, 1.54) is 51.5 Å². The maximum atomic E-state index is 6.67. The molecule has 0 amide bonds. The predicted molar refractivity (Wildman–Crippen MR) is 240 cm³/mol. The molecule has 0 spiro atoms. The van der Waals surface area contributed by atoms with Gasteiger partial charge in [0.2, 0.25) is 0 Å². The Balaban J connectivity index is 1.01. The van der Waals surface area contributed by atoms with Crippen molar-refractivity contribution in [1.29, 1.82) is 0 Å². The molecule has 12 rings (SSSR count). The first-order valence-electron chi connectivity index (χ1n) is 18.9. The summed E-state index contributed by atoms with van der Waals surface area (Å²) in [4.78, 5) is 14.9. The van der Waals surface area contributed by atoms with Crippen LogP contribution in [0.4, 0.5) is 0 Å². The Morgan fingerprint density at radius 3 is 1.74 bits per heavy atom. The monoisotopic (exact) mass is 763 g/mol. The zero-order valence-electron chi connectivity index (χ0n) is 30.3. The van der Waals surface area contributed by atoms with Gasteiger partial charge in [-0.1, -0.05) is 133 Å². The highest BCUT2D eigenvalue weighted by Gasteiger charge is 2.20. The number of fused-ring (bicyclic) bond motifs is 9. The van der Waals surface area contributed by atoms with Crippen molar-refractivity contribution in [3.8, 4) is 56.4 Å². The lowest BCUT2D eigenvalue weighted by atomic mass is 9.94. The Morgan fingerprint density at radius 1 is 0.333 bits per heavy atom. The van der Waals surface area contributed by atoms with Crippen LogP contribution in [0.3, 0.4) is 0 Å². The Bertz CT molecular complexity index is 3470. The molecule has 266 valence electrons. The predicted octanol–water partition coefficient (Wildman–Crippen LogP) is 14.8. The van der Waals surface area contributed by atoms with E-state index in [1.807, 2.05) is 78.1 Å². The first-order chi connectivity index (χ1) is 28.2. The highest BCUT2D eigenvalue weighted by molar-refractivity contribution is 7.26. The largest absolute Gasteiger partial charge is 0.455 e. The maximum Gasteiger partial charge on any atom is 0.164 e. The lowest BCUT2D eigenvalue weighted by Crippen LogP contribution is -1.99. The number of aromatic nitrogens is 3. The van der Waals surface area contributed by atoms with E-state index in [2.05, 4.69) is 109 Å². The van der Waals surface area contributed by atoms with E-state index >= 15 is 0 Å². The summed E-state index contributed by atoms with van der Waals surface area (Å²) in [6.45, 7) is 0. The Kier molecular flexibility index (Phi) is 7.24. The van der Waals surface area contributed by atoms with E-state index in [-0.39, 0.29) is 0 Å². The summed E-state index contributed by atoms with van der Waals surface area (Å²) in [5.74, 6) is 1.97. The molecule has 57 heavy (non-hydrogen) atoms. The van der Waals surface area contributed by atoms with Gasteiger partial charge in [-0.15, -0.1) is 22.7 Å². The molecule has 12 aromatic rings. The molecule has 0 aliphatic carbocycles. The standard InChI is InChI=1S/C51H29N3OS2/c1-3-12-30(13-4-1)49-52-50(31-14-5-2-6-15-31)54-51(53-49)33-22-24-37-40-26-32(23-25-45(40)56-46(37)29-33)34-27-41-35-16-7-9-20-43(35)55-47(41)42(28-34)39-19-11-18-38-36-17-8-10-21-44(36)57-48(38)39/h1-29H. The summed E-state index contributed by atoms with van der Waals surface area (Å²) >= 11 is 3.65. The average molecular weight is 764 g/mol. The fourth-order valence-corrected chi connectivity index (χ4v) is 10.5. The van der Waals surface area contributed by atoms with Gasteiger partial charge in [0.25, 0.3) is 0 Å². The summed E-state index contributed by atoms with van der Waals surface area (Å²) in [6.07, 6.45) is 0. The second-order valence-electron chi connectivity index (χ2n) is 14.3. The third-order valence-corrected chi connectivity index (χ3v) is 13.3. The fourth-order valence-electron chi connectivity index (χ4n) is 8.19. The third-order valence-electron chi connectivity index (χ3n) is 10.9. The van der Waals surface area contributed by atoms with Crippen LogP contribution in [-0.2, 0) is 0 Å². The number of para-hydroxylation sites is 1. The van der Waals surface area contributed by atoms with Crippen molar-refractivity contribution in [1.82, 2.24) is 15.0 Å². The van der Waals surface area contributed by atoms with Crippen molar-refractivity contribution in [3.63, 3.8) is 0 Å². The van der Waals surface area contributed by atoms with Gasteiger partial charge in [-0.05, 0) is 53.6 Å². The van der Waals surface area contributed by atoms with Crippen molar-refractivity contribution < 1.29 is 4.42 Å². The summed E-state index contributed by atoms with van der Waals surface area (Å²) in [5, 5.41) is 7.26. The van der Waals surface area contributed by atoms with Gasteiger partial charge >= 0.3 is 0 Å². The van der Waals surface area contributed by atoms with Gasteiger partial charge in [0, 0.05) is 78.9 Å². The van der Waals surface area contributed by atoms with Crippen LogP contribution in [0.2, 0.25) is 0 Å². The van der Waals surface area contributed by atoms with Crippen molar-refractivity contribution in [2.24, 2.45) is 0 Å². The van der Waals surface area contributed by atoms with Gasteiger partial charge in [0.1, 0.15) is 11.2 Å². The number of nitrogens with zero attached hydrogens (tertiary/aromatic N) is 3. The van der Waals surface area contributed by atoms with Crippen LogP contribution in [0.15, 0.2) is 180 Å². The summed E-state index contributed by atoms with van der Waals surface area (Å²) in [5.41, 5.74) is 9.32. The first kappa shape index (κ1) is 32.3. The molecular weight excluding hydrogens is 735 g/mol. The molecule has 6 heteroatoms. The first-order valence-corrected chi connectivity index (χ1v) is 20.6. The van der Waals surface area contributed by atoms with Crippen LogP contribution in [0, 0.1) is 0 Å². The van der Waals surface area contributed by atoms with Crippen LogP contribution >= 0.6 is 22.7 Å². The SMILES string of the molecule is c1ccc(-c2nc(-c3ccccc3)nc(-c3ccc4c(c3)sc3ccc(-c5cc(-c6cccc7c6sc6ccccc67)c6oc7ccccc7c6c5)cc34)n2)cc1. The molecule has 0 atom stereocenters. The minimum absolute atomic E-state index is 0.657. The van der Waals surface area contributed by atoms with E-state index in [9.17, 15) is 0 Å². The van der Waals surface area contributed by atoms with Crippen LogP contribution in [0.5, 0.6) is 0 Å². The average Bonchev–Trinajstić information content (AvgIpc) is 3.97. The molecule has 4 nitrogen and oxygen atoms in total. The molecule has 0 fully saturated rings. The van der Waals surface area contributed by atoms with Gasteiger partial charge in [0.05, 0.1) is 0 Å². The fraction of sp³-hybridized carbons (Fsp3) is 0. The Labute approximate surface area is 335 Å². The molecule has 8 aromatic carbocycles. The molecule has 0 radical (unpaired) electrons. The van der Waals surface area contributed by atoms with Gasteiger partial charge in [-0.3, -0.25) is 0 Å². The molecule has 0 saturated carbocycles. The quantitative estimate of drug-likeness (QED) is 0.175. The van der Waals surface area contributed by atoms with E-state index < -0.39 is 0 Å². The van der Waals surface area contributed by atoms with Gasteiger partial charge < -0.3 is 4.42 Å². The Hall–Kier alpha value is -6.99. The van der Waals surface area contributed by atoms with E-state index in [0.717, 1.165) is 49.8 Å². The zero-order valence-corrected chi connectivity index (χ0v) is 31.9. The molecule has 0 N–H and O–H groups in total. The minimum Gasteiger partial charge on any atom is -0.455 e. The summed E-state index contributed by atoms with van der Waals surface area (Å²) in [6, 6.07) is 62.1. The second-order valence-corrected chi connectivity index (χ2v) is 16.5. The smallest absolute Gasteiger partial charge is 0.164 e. The highest BCUT2D eigenvalue weighted by atomic mass is 32.1. The molecule has 0 unspecified atom stereocenters. The molecule has 0 aliphatic heterocycles. The van der Waals surface area contributed by atoms with Crippen molar-refractivity contribution in [3.05, 3.63) is 176 Å². The van der Waals surface area contributed by atoms with Crippen molar-refractivity contribution >= 4 is 85.0 Å². The lowest BCUT2D eigenvalue weighted by Gasteiger charge is -2.10. The molecule has 4 heterocycles. The molecular formula is C51H29N3OS2. The lowest BCUT2D eigenvalue weighted by molar-refractivity contribution is 0.670. The van der Waals surface area contributed by atoms with E-state index in [1.54, 1.807) is 11.3 Å². The van der Waals surface area contributed by atoms with Crippen LogP contribution in [0.25, 0.3) is 119 Å². The Morgan fingerprint density at radius 2 is 0.947 bits per heavy atom. The van der Waals surface area contributed by atoms with Crippen LogP contribution < -0.4 is 0 Å². The van der Waals surface area contributed by atoms with Crippen LogP contribution in [-0.4, -0.2) is 15.0 Å². The second kappa shape index (κ2) is 12.8. The summed E-state index contributed by atoms with van der Waals surface area (Å²) < 4.78 is 11.7. The molecule has 4 aromatic heterocycles. The van der Waals surface area contributed by atoms with E-state index in [0.29, 0.717) is 17.5 Å². The van der Waals surface area contributed by atoms with Gasteiger partial charge in [0.15, 0.2) is 17.5 Å². The van der Waals surface area contributed by atoms with Crippen LogP contribution in [0.1, 0.15) is 0 Å². The number of hydrogen-bond donors (Lipinski definition) is 0. The summed E-state index contributed by atoms with van der Waals surface area (Å²) in [7, 11) is 0. The van der Waals surface area contributed by atoms with Crippen molar-refractivity contribution in [2.45, 2.75) is 0 Å². The topological polar surface area (TPSA) is 51.8 Å². The van der Waals surface area contributed by atoms with E-state index in [4.69, 9.17) is 19.4 Å². The minimum atomic E-state index is 0.657. The van der Waals surface area contributed by atoms with Gasteiger partial charge in [-0.25, -0.2) is 15.0 Å². The number of rotatable bonds is 5. The number of furan rings is 1. The zero-order chi connectivity index (χ0) is 37.5. The molecule has 0 bridgehead atoms. The number of thiophene rings is 2. The third kappa shape index (κ3) is 5.30. The normalized spacial score (nSPS) is 11.9. The maximum absolute atomic E-state index is 6.67. The van der Waals surface area contributed by atoms with Gasteiger partial charge in [-0.2, -0.15) is 0 Å². The number of hydrogen-bond acceptors (Lipinski definition) is 6. The number of benzene rings is 8. The highest BCUT2D eigenvalue weighted by Crippen LogP contribution is 2.46. The van der Waals surface area contributed by atoms with Crippen molar-refractivity contribution in [2.75, 3.05) is 0 Å². The molecule has 0 saturated heterocycles.